The Hall–Kier alpha value is -0.190. The van der Waals surface area contributed by atoms with E-state index in [1.54, 1.807) is 11.3 Å². The number of carbonyl (C=O) groups is 1. The summed E-state index contributed by atoms with van der Waals surface area (Å²) in [6.07, 6.45) is 6.91. The normalized spacial score (nSPS) is 31.3. The summed E-state index contributed by atoms with van der Waals surface area (Å²) >= 11 is 5.11. The number of thiophene rings is 1. The van der Waals surface area contributed by atoms with Gasteiger partial charge >= 0.3 is 0 Å². The van der Waals surface area contributed by atoms with Crippen LogP contribution >= 0.6 is 27.3 Å². The van der Waals surface area contributed by atoms with Crippen LogP contribution < -0.4 is 5.32 Å². The Labute approximate surface area is 120 Å². The van der Waals surface area contributed by atoms with Gasteiger partial charge in [-0.15, -0.1) is 11.3 Å². The molecule has 2 heterocycles. The van der Waals surface area contributed by atoms with Crippen LogP contribution in [0.25, 0.3) is 0 Å². The van der Waals surface area contributed by atoms with Gasteiger partial charge in [0.2, 0.25) is 0 Å². The summed E-state index contributed by atoms with van der Waals surface area (Å²) in [6, 6.07) is 2.78. The number of halogens is 1. The van der Waals surface area contributed by atoms with E-state index < -0.39 is 0 Å². The Balaban J connectivity index is 1.60. The highest BCUT2D eigenvalue weighted by Crippen LogP contribution is 2.34. The second-order valence-corrected chi connectivity index (χ2v) is 7.39. The number of carbonyl (C=O) groups excluding carboxylic acids is 1. The van der Waals surface area contributed by atoms with Crippen molar-refractivity contribution in [1.29, 1.82) is 0 Å². The third kappa shape index (κ3) is 2.70. The standard InChI is InChI=1S/C14H18BrNOS/c15-10-6-11(18-8-10)7-14(17)13-5-9-3-1-2-4-12(9)16-13/h6,8-9,12-13,16H,1-5,7H2. The molecule has 1 N–H and O–H groups in total. The second kappa shape index (κ2) is 5.43. The van der Waals surface area contributed by atoms with Crippen LogP contribution in [0.15, 0.2) is 15.9 Å². The van der Waals surface area contributed by atoms with Gasteiger partial charge in [-0.1, -0.05) is 12.8 Å². The van der Waals surface area contributed by atoms with Gasteiger partial charge in [0.15, 0.2) is 5.78 Å². The number of ketones is 1. The van der Waals surface area contributed by atoms with E-state index in [-0.39, 0.29) is 6.04 Å². The molecule has 2 fully saturated rings. The predicted molar refractivity (Wildman–Crippen MR) is 78.0 cm³/mol. The first-order chi connectivity index (χ1) is 8.72. The summed E-state index contributed by atoms with van der Waals surface area (Å²) in [5.41, 5.74) is 0. The van der Waals surface area contributed by atoms with E-state index in [2.05, 4.69) is 27.3 Å². The molecule has 3 atom stereocenters. The number of hydrogen-bond acceptors (Lipinski definition) is 3. The molecular weight excluding hydrogens is 310 g/mol. The maximum atomic E-state index is 12.3. The van der Waals surface area contributed by atoms with E-state index in [0.717, 1.165) is 16.8 Å². The minimum atomic E-state index is 0.110. The van der Waals surface area contributed by atoms with Crippen molar-refractivity contribution in [2.24, 2.45) is 5.92 Å². The topological polar surface area (TPSA) is 29.1 Å². The average Bonchev–Trinajstić information content (AvgIpc) is 2.95. The molecule has 0 amide bonds. The molecular formula is C14H18BrNOS. The van der Waals surface area contributed by atoms with E-state index >= 15 is 0 Å². The van der Waals surface area contributed by atoms with Crippen molar-refractivity contribution in [3.05, 3.63) is 20.8 Å². The largest absolute Gasteiger partial charge is 0.304 e. The lowest BCUT2D eigenvalue weighted by molar-refractivity contribution is -0.120. The van der Waals surface area contributed by atoms with Crippen molar-refractivity contribution in [2.45, 2.75) is 50.6 Å². The molecule has 1 aliphatic heterocycles. The average molecular weight is 328 g/mol. The number of rotatable bonds is 3. The Kier molecular flexibility index (Phi) is 3.87. The van der Waals surface area contributed by atoms with E-state index in [9.17, 15) is 4.79 Å². The number of nitrogens with one attached hydrogen (secondary N) is 1. The summed E-state index contributed by atoms with van der Waals surface area (Å²) in [4.78, 5) is 13.5. The number of Topliss-reactive ketones (excluding diaryl/α,β-unsaturated/α-hetero) is 1. The van der Waals surface area contributed by atoms with Gasteiger partial charge in [-0.3, -0.25) is 4.79 Å². The predicted octanol–water partition coefficient (Wildman–Crippen LogP) is 3.54. The molecule has 4 heteroatoms. The SMILES string of the molecule is O=C(Cc1cc(Br)cs1)C1CC2CCCCC2N1. The monoisotopic (exact) mass is 327 g/mol. The molecule has 3 rings (SSSR count). The summed E-state index contributed by atoms with van der Waals surface area (Å²) in [5, 5.41) is 5.61. The minimum Gasteiger partial charge on any atom is -0.304 e. The molecule has 98 valence electrons. The highest BCUT2D eigenvalue weighted by Gasteiger charge is 2.37. The molecule has 0 aromatic carbocycles. The van der Waals surface area contributed by atoms with E-state index in [1.807, 2.05) is 5.38 Å². The molecule has 1 aromatic rings. The molecule has 1 saturated heterocycles. The lowest BCUT2D eigenvalue weighted by Crippen LogP contribution is -2.37. The van der Waals surface area contributed by atoms with E-state index in [0.29, 0.717) is 18.2 Å². The first-order valence-electron chi connectivity index (χ1n) is 6.74. The Morgan fingerprint density at radius 3 is 3.00 bits per heavy atom. The number of hydrogen-bond donors (Lipinski definition) is 1. The van der Waals surface area contributed by atoms with Gasteiger partial charge in [-0.2, -0.15) is 0 Å². The molecule has 0 radical (unpaired) electrons. The van der Waals surface area contributed by atoms with Gasteiger partial charge in [0.05, 0.1) is 6.04 Å². The van der Waals surface area contributed by atoms with Crippen molar-refractivity contribution < 1.29 is 4.79 Å². The van der Waals surface area contributed by atoms with Gasteiger partial charge in [0, 0.05) is 27.2 Å². The highest BCUT2D eigenvalue weighted by atomic mass is 79.9. The van der Waals surface area contributed by atoms with Gasteiger partial charge in [0.1, 0.15) is 0 Å². The van der Waals surface area contributed by atoms with E-state index in [4.69, 9.17) is 0 Å². The third-order valence-corrected chi connectivity index (χ3v) is 5.92. The zero-order chi connectivity index (χ0) is 12.5. The fourth-order valence-electron chi connectivity index (χ4n) is 3.30. The summed E-state index contributed by atoms with van der Waals surface area (Å²) < 4.78 is 1.09. The maximum Gasteiger partial charge on any atom is 0.154 e. The highest BCUT2D eigenvalue weighted by molar-refractivity contribution is 9.10. The summed E-state index contributed by atoms with van der Waals surface area (Å²) in [6.45, 7) is 0. The fraction of sp³-hybridized carbons (Fsp3) is 0.643. The lowest BCUT2D eigenvalue weighted by atomic mass is 9.84. The Morgan fingerprint density at radius 1 is 1.44 bits per heavy atom. The quantitative estimate of drug-likeness (QED) is 0.919. The van der Waals surface area contributed by atoms with Gasteiger partial charge in [-0.05, 0) is 47.2 Å². The maximum absolute atomic E-state index is 12.3. The fourth-order valence-corrected chi connectivity index (χ4v) is 4.77. The van der Waals surface area contributed by atoms with Crippen LogP contribution in [0.3, 0.4) is 0 Å². The van der Waals surface area contributed by atoms with Crippen molar-refractivity contribution in [3.8, 4) is 0 Å². The van der Waals surface area contributed by atoms with Crippen LogP contribution in [-0.4, -0.2) is 17.9 Å². The van der Waals surface area contributed by atoms with Crippen LogP contribution in [0.5, 0.6) is 0 Å². The molecule has 18 heavy (non-hydrogen) atoms. The number of fused-ring (bicyclic) bond motifs is 1. The molecule has 2 nitrogen and oxygen atoms in total. The summed E-state index contributed by atoms with van der Waals surface area (Å²) in [7, 11) is 0. The van der Waals surface area contributed by atoms with Crippen molar-refractivity contribution in [1.82, 2.24) is 5.32 Å². The van der Waals surface area contributed by atoms with Crippen LogP contribution in [0, 0.1) is 5.92 Å². The smallest absolute Gasteiger partial charge is 0.154 e. The first-order valence-corrected chi connectivity index (χ1v) is 8.41. The second-order valence-electron chi connectivity index (χ2n) is 5.48. The van der Waals surface area contributed by atoms with Gasteiger partial charge in [-0.25, -0.2) is 0 Å². The van der Waals surface area contributed by atoms with Crippen LogP contribution in [0.1, 0.15) is 37.0 Å². The van der Waals surface area contributed by atoms with Crippen LogP contribution in [-0.2, 0) is 11.2 Å². The molecule has 2 aliphatic rings. The zero-order valence-corrected chi connectivity index (χ0v) is 12.7. The van der Waals surface area contributed by atoms with E-state index in [1.165, 1.54) is 30.6 Å². The molecule has 0 bridgehead atoms. The van der Waals surface area contributed by atoms with Gasteiger partial charge in [0.25, 0.3) is 0 Å². The van der Waals surface area contributed by atoms with Crippen molar-refractivity contribution in [2.75, 3.05) is 0 Å². The van der Waals surface area contributed by atoms with Gasteiger partial charge < -0.3 is 5.32 Å². The van der Waals surface area contributed by atoms with Crippen molar-refractivity contribution in [3.63, 3.8) is 0 Å². The molecule has 1 aliphatic carbocycles. The minimum absolute atomic E-state index is 0.110. The van der Waals surface area contributed by atoms with Crippen LogP contribution in [0.2, 0.25) is 0 Å². The Morgan fingerprint density at radius 2 is 2.28 bits per heavy atom. The molecule has 3 unspecified atom stereocenters. The van der Waals surface area contributed by atoms with Crippen molar-refractivity contribution >= 4 is 33.0 Å². The first kappa shape index (κ1) is 12.8. The Bertz CT molecular complexity index is 431. The molecule has 1 aromatic heterocycles. The lowest BCUT2D eigenvalue weighted by Gasteiger charge is -2.24. The van der Waals surface area contributed by atoms with Crippen LogP contribution in [0.4, 0.5) is 0 Å². The molecule has 1 saturated carbocycles. The summed E-state index contributed by atoms with van der Waals surface area (Å²) in [5.74, 6) is 1.13. The molecule has 0 spiro atoms. The third-order valence-electron chi connectivity index (χ3n) is 4.22. The zero-order valence-electron chi connectivity index (χ0n) is 10.3.